The molecule has 0 aromatic carbocycles. The molecule has 0 amide bonds. The summed E-state index contributed by atoms with van der Waals surface area (Å²) in [5.74, 6) is 0.769. The molecule has 0 atom stereocenters. The molecule has 0 fully saturated rings. The van der Waals surface area contributed by atoms with Crippen molar-refractivity contribution in [3.05, 3.63) is 0 Å². The predicted octanol–water partition coefficient (Wildman–Crippen LogP) is 2.83. The average Bonchev–Trinajstić information content (AvgIpc) is 2.15. The minimum atomic E-state index is 0.769. The van der Waals surface area contributed by atoms with Gasteiger partial charge < -0.3 is 10.1 Å². The lowest BCUT2D eigenvalue weighted by atomic mass is 10.1. The molecule has 0 aromatic heterocycles. The highest BCUT2D eigenvalue weighted by atomic mass is 16.5. The van der Waals surface area contributed by atoms with Gasteiger partial charge >= 0.3 is 0 Å². The molecule has 0 bridgehead atoms. The number of hydrogen-bond acceptors (Lipinski definition) is 2. The Morgan fingerprint density at radius 3 is 2.36 bits per heavy atom. The Morgan fingerprint density at radius 1 is 1.00 bits per heavy atom. The van der Waals surface area contributed by atoms with Crippen molar-refractivity contribution in [1.29, 1.82) is 0 Å². The lowest BCUT2D eigenvalue weighted by Gasteiger charge is -2.06. The Kier molecular flexibility index (Phi) is 10.9. The number of unbranched alkanes of at least 4 members (excludes halogenated alkanes) is 3. The van der Waals surface area contributed by atoms with Gasteiger partial charge in [-0.3, -0.25) is 0 Å². The monoisotopic (exact) mass is 201 g/mol. The molecule has 0 spiro atoms. The van der Waals surface area contributed by atoms with Gasteiger partial charge in [0.15, 0.2) is 0 Å². The summed E-state index contributed by atoms with van der Waals surface area (Å²) in [6.45, 7) is 7.51. The molecule has 0 aliphatic heterocycles. The highest BCUT2D eigenvalue weighted by Crippen LogP contribution is 2.02. The maximum absolute atomic E-state index is 5.54. The fraction of sp³-hybridized carbons (Fsp3) is 1.00. The minimum Gasteiger partial charge on any atom is -0.381 e. The van der Waals surface area contributed by atoms with Gasteiger partial charge in [-0.1, -0.05) is 26.7 Å². The van der Waals surface area contributed by atoms with Crippen LogP contribution in [0.3, 0.4) is 0 Å². The lowest BCUT2D eigenvalue weighted by Crippen LogP contribution is -2.07. The molecular formula is C12H27NO. The molecular weight excluding hydrogens is 174 g/mol. The summed E-state index contributed by atoms with van der Waals surface area (Å²) >= 11 is 0. The molecule has 0 unspecified atom stereocenters. The predicted molar refractivity (Wildman–Crippen MR) is 62.7 cm³/mol. The van der Waals surface area contributed by atoms with E-state index in [1.54, 1.807) is 0 Å². The van der Waals surface area contributed by atoms with Gasteiger partial charge in [-0.25, -0.2) is 0 Å². The second-order valence-corrected chi connectivity index (χ2v) is 4.31. The number of rotatable bonds is 10. The number of nitrogens with one attached hydrogen (secondary N) is 1. The summed E-state index contributed by atoms with van der Waals surface area (Å²) in [4.78, 5) is 0. The van der Waals surface area contributed by atoms with Gasteiger partial charge in [0.05, 0.1) is 0 Å². The molecule has 0 heterocycles. The van der Waals surface area contributed by atoms with Crippen molar-refractivity contribution in [1.82, 2.24) is 5.32 Å². The minimum absolute atomic E-state index is 0.769. The Morgan fingerprint density at radius 2 is 1.71 bits per heavy atom. The van der Waals surface area contributed by atoms with Gasteiger partial charge in [0.2, 0.25) is 0 Å². The first-order chi connectivity index (χ1) is 6.77. The first-order valence-corrected chi connectivity index (χ1v) is 5.99. The van der Waals surface area contributed by atoms with Gasteiger partial charge in [-0.2, -0.15) is 0 Å². The standard InChI is InChI=1S/C12H27NO/c1-12(2)8-11-14-10-7-5-4-6-9-13-3/h12-13H,4-11H2,1-3H3. The van der Waals surface area contributed by atoms with Crippen LogP contribution in [-0.2, 0) is 4.74 Å². The van der Waals surface area contributed by atoms with Crippen LogP contribution >= 0.6 is 0 Å². The summed E-state index contributed by atoms with van der Waals surface area (Å²) < 4.78 is 5.54. The van der Waals surface area contributed by atoms with Crippen molar-refractivity contribution >= 4 is 0 Å². The van der Waals surface area contributed by atoms with Crippen molar-refractivity contribution in [3.8, 4) is 0 Å². The molecule has 0 aromatic rings. The molecule has 2 nitrogen and oxygen atoms in total. The molecule has 0 saturated heterocycles. The zero-order valence-corrected chi connectivity index (χ0v) is 10.1. The molecule has 1 N–H and O–H groups in total. The Bertz CT molecular complexity index is 104. The van der Waals surface area contributed by atoms with Crippen LogP contribution in [-0.4, -0.2) is 26.8 Å². The number of hydrogen-bond donors (Lipinski definition) is 1. The quantitative estimate of drug-likeness (QED) is 0.549. The second kappa shape index (κ2) is 11.0. The molecule has 0 radical (unpaired) electrons. The van der Waals surface area contributed by atoms with E-state index in [0.29, 0.717) is 0 Å². The second-order valence-electron chi connectivity index (χ2n) is 4.31. The SMILES string of the molecule is CNCCCCCCOCCC(C)C. The third kappa shape index (κ3) is 11.9. The van der Waals surface area contributed by atoms with Crippen LogP contribution in [0, 0.1) is 5.92 Å². The van der Waals surface area contributed by atoms with Crippen molar-refractivity contribution in [2.24, 2.45) is 5.92 Å². The molecule has 0 saturated carbocycles. The third-order valence-electron chi connectivity index (χ3n) is 2.30. The van der Waals surface area contributed by atoms with E-state index in [1.807, 2.05) is 7.05 Å². The van der Waals surface area contributed by atoms with Crippen LogP contribution in [0.2, 0.25) is 0 Å². The van der Waals surface area contributed by atoms with Crippen LogP contribution in [0.5, 0.6) is 0 Å². The molecule has 0 rings (SSSR count). The summed E-state index contributed by atoms with van der Waals surface area (Å²) in [6.07, 6.45) is 6.35. The first-order valence-electron chi connectivity index (χ1n) is 5.99. The maximum Gasteiger partial charge on any atom is 0.0468 e. The van der Waals surface area contributed by atoms with Crippen LogP contribution < -0.4 is 5.32 Å². The van der Waals surface area contributed by atoms with E-state index >= 15 is 0 Å². The molecule has 0 aliphatic rings. The summed E-state index contributed by atoms with van der Waals surface area (Å²) in [7, 11) is 2.01. The van der Waals surface area contributed by atoms with Gasteiger partial charge in [0, 0.05) is 13.2 Å². The van der Waals surface area contributed by atoms with E-state index in [4.69, 9.17) is 4.74 Å². The summed E-state index contributed by atoms with van der Waals surface area (Å²) in [6, 6.07) is 0. The van der Waals surface area contributed by atoms with E-state index in [-0.39, 0.29) is 0 Å². The van der Waals surface area contributed by atoms with Crippen molar-refractivity contribution in [2.75, 3.05) is 26.8 Å². The van der Waals surface area contributed by atoms with E-state index < -0.39 is 0 Å². The smallest absolute Gasteiger partial charge is 0.0468 e. The largest absolute Gasteiger partial charge is 0.381 e. The summed E-state index contributed by atoms with van der Waals surface area (Å²) in [5.41, 5.74) is 0. The first kappa shape index (κ1) is 13.9. The molecule has 0 aliphatic carbocycles. The van der Waals surface area contributed by atoms with Gasteiger partial charge in [-0.15, -0.1) is 0 Å². The van der Waals surface area contributed by atoms with E-state index in [1.165, 1.54) is 32.1 Å². The highest BCUT2D eigenvalue weighted by Gasteiger charge is 1.94. The molecule has 14 heavy (non-hydrogen) atoms. The average molecular weight is 201 g/mol. The zero-order chi connectivity index (χ0) is 10.6. The summed E-state index contributed by atoms with van der Waals surface area (Å²) in [5, 5.41) is 3.16. The molecule has 86 valence electrons. The zero-order valence-electron chi connectivity index (χ0n) is 10.1. The van der Waals surface area contributed by atoms with Crippen LogP contribution in [0.4, 0.5) is 0 Å². The Labute approximate surface area is 89.4 Å². The van der Waals surface area contributed by atoms with E-state index in [0.717, 1.165) is 25.7 Å². The van der Waals surface area contributed by atoms with Crippen LogP contribution in [0.15, 0.2) is 0 Å². The van der Waals surface area contributed by atoms with Gasteiger partial charge in [-0.05, 0) is 38.8 Å². The normalized spacial score (nSPS) is 11.1. The van der Waals surface area contributed by atoms with E-state index in [9.17, 15) is 0 Å². The third-order valence-corrected chi connectivity index (χ3v) is 2.30. The van der Waals surface area contributed by atoms with Gasteiger partial charge in [0.1, 0.15) is 0 Å². The lowest BCUT2D eigenvalue weighted by molar-refractivity contribution is 0.119. The topological polar surface area (TPSA) is 21.3 Å². The van der Waals surface area contributed by atoms with E-state index in [2.05, 4.69) is 19.2 Å². The molecule has 2 heteroatoms. The maximum atomic E-state index is 5.54. The van der Waals surface area contributed by atoms with Crippen molar-refractivity contribution < 1.29 is 4.74 Å². The van der Waals surface area contributed by atoms with Crippen LogP contribution in [0.1, 0.15) is 46.0 Å². The highest BCUT2D eigenvalue weighted by molar-refractivity contribution is 4.46. The fourth-order valence-electron chi connectivity index (χ4n) is 1.28. The van der Waals surface area contributed by atoms with Crippen molar-refractivity contribution in [3.63, 3.8) is 0 Å². The Balaban J connectivity index is 2.85. The Hall–Kier alpha value is -0.0800. The number of ether oxygens (including phenoxy) is 1. The van der Waals surface area contributed by atoms with Crippen LogP contribution in [0.25, 0.3) is 0 Å². The van der Waals surface area contributed by atoms with Gasteiger partial charge in [0.25, 0.3) is 0 Å². The fourth-order valence-corrected chi connectivity index (χ4v) is 1.28. The van der Waals surface area contributed by atoms with Crippen molar-refractivity contribution in [2.45, 2.75) is 46.0 Å².